The number of carbonyl (C=O) groups is 2. The van der Waals surface area contributed by atoms with Gasteiger partial charge < -0.3 is 15.3 Å². The van der Waals surface area contributed by atoms with Gasteiger partial charge in [-0.25, -0.2) is 20.3 Å². The zero-order valence-corrected chi connectivity index (χ0v) is 17.6. The molecule has 3 heterocycles. The maximum absolute atomic E-state index is 12.6. The molecule has 1 fully saturated rings. The summed E-state index contributed by atoms with van der Waals surface area (Å²) in [4.78, 5) is 29.8. The van der Waals surface area contributed by atoms with Crippen LogP contribution in [-0.2, 0) is 16.8 Å². The summed E-state index contributed by atoms with van der Waals surface area (Å²) >= 11 is 0. The smallest absolute Gasteiger partial charge is 0.407 e. The lowest BCUT2D eigenvalue weighted by molar-refractivity contribution is -0.133. The molecule has 0 unspecified atom stereocenters. The molecule has 2 aromatic heterocycles. The van der Waals surface area contributed by atoms with Crippen molar-refractivity contribution in [2.75, 3.05) is 18.4 Å². The van der Waals surface area contributed by atoms with Crippen LogP contribution >= 0.6 is 0 Å². The summed E-state index contributed by atoms with van der Waals surface area (Å²) in [7, 11) is 0. The van der Waals surface area contributed by atoms with Crippen molar-refractivity contribution in [3.63, 3.8) is 0 Å². The molecular formula is C20H29N7O3. The van der Waals surface area contributed by atoms with E-state index >= 15 is 0 Å². The molecule has 5 N–H and O–H groups in total. The van der Waals surface area contributed by atoms with Crippen LogP contribution in [-0.4, -0.2) is 49.9 Å². The van der Waals surface area contributed by atoms with Crippen LogP contribution in [0.2, 0.25) is 0 Å². The molecule has 10 nitrogen and oxygen atoms in total. The molecule has 0 saturated carbocycles. The van der Waals surface area contributed by atoms with Gasteiger partial charge in [0, 0.05) is 31.3 Å². The Morgan fingerprint density at radius 1 is 1.23 bits per heavy atom. The Labute approximate surface area is 175 Å². The van der Waals surface area contributed by atoms with E-state index in [4.69, 9.17) is 5.84 Å². The van der Waals surface area contributed by atoms with Crippen LogP contribution < -0.4 is 16.6 Å². The van der Waals surface area contributed by atoms with Crippen LogP contribution in [0.5, 0.6) is 0 Å². The van der Waals surface area contributed by atoms with Gasteiger partial charge in [0.25, 0.3) is 0 Å². The predicted octanol–water partition coefficient (Wildman–Crippen LogP) is 2.07. The van der Waals surface area contributed by atoms with Crippen molar-refractivity contribution >= 4 is 23.6 Å². The van der Waals surface area contributed by atoms with E-state index < -0.39 is 11.5 Å². The number of rotatable bonds is 5. The summed E-state index contributed by atoms with van der Waals surface area (Å²) in [5.74, 6) is 6.61. The fraction of sp³-hybridized carbons (Fsp3) is 0.500. The molecule has 0 bridgehead atoms. The number of nitrogens with zero attached hydrogens (tertiary/aromatic N) is 4. The van der Waals surface area contributed by atoms with Crippen LogP contribution in [0.25, 0.3) is 0 Å². The molecule has 0 aromatic carbocycles. The van der Waals surface area contributed by atoms with E-state index in [0.29, 0.717) is 25.1 Å². The van der Waals surface area contributed by atoms with Gasteiger partial charge in [0.15, 0.2) is 0 Å². The number of piperidine rings is 1. The SMILES string of the molecule is CC(C)(C)n1nccc1Nc1cccc(CC2(C(=O)NN)CCN(C(=O)O)CC2)n1. The average Bonchev–Trinajstić information content (AvgIpc) is 3.16. The molecule has 3 rings (SSSR count). The second-order valence-electron chi connectivity index (χ2n) is 8.64. The van der Waals surface area contributed by atoms with E-state index in [1.807, 2.05) is 28.9 Å². The van der Waals surface area contributed by atoms with Gasteiger partial charge in [-0.1, -0.05) is 6.07 Å². The molecule has 162 valence electrons. The van der Waals surface area contributed by atoms with E-state index in [0.717, 1.165) is 11.5 Å². The Kier molecular flexibility index (Phi) is 5.97. The van der Waals surface area contributed by atoms with E-state index in [2.05, 4.69) is 41.6 Å². The van der Waals surface area contributed by atoms with Crippen LogP contribution in [0.3, 0.4) is 0 Å². The third kappa shape index (κ3) is 4.54. The van der Waals surface area contributed by atoms with Crippen LogP contribution in [0, 0.1) is 5.41 Å². The predicted molar refractivity (Wildman–Crippen MR) is 112 cm³/mol. The average molecular weight is 415 g/mol. The number of aromatic nitrogens is 3. The first-order valence-corrected chi connectivity index (χ1v) is 9.91. The number of carboxylic acid groups (broad SMARTS) is 1. The minimum absolute atomic E-state index is 0.190. The Balaban J connectivity index is 1.80. The summed E-state index contributed by atoms with van der Waals surface area (Å²) < 4.78 is 1.88. The molecule has 1 aliphatic rings. The molecule has 2 aromatic rings. The summed E-state index contributed by atoms with van der Waals surface area (Å²) in [6.45, 7) is 6.76. The normalized spacial score (nSPS) is 16.2. The minimum atomic E-state index is -0.975. The standard InChI is InChI=1S/C20H29N7O3/c1-19(2,3)27-16(7-10-22-27)24-15-6-4-5-14(23-15)13-20(17(28)25-21)8-11-26(12-9-20)18(29)30/h4-7,10H,8-9,11-13,21H2,1-3H3,(H,23,24)(H,25,28)(H,29,30). The van der Waals surface area contributed by atoms with Gasteiger partial charge in [0.1, 0.15) is 11.6 Å². The molecule has 10 heteroatoms. The van der Waals surface area contributed by atoms with Crippen molar-refractivity contribution < 1.29 is 14.7 Å². The number of hydrazine groups is 1. The summed E-state index contributed by atoms with van der Waals surface area (Å²) in [5.41, 5.74) is 2.00. The van der Waals surface area contributed by atoms with Gasteiger partial charge in [0.05, 0.1) is 17.2 Å². The van der Waals surface area contributed by atoms with Crippen molar-refractivity contribution in [2.45, 2.75) is 45.6 Å². The number of likely N-dealkylation sites (tertiary alicyclic amines) is 1. The van der Waals surface area contributed by atoms with E-state index in [-0.39, 0.29) is 24.5 Å². The largest absolute Gasteiger partial charge is 0.465 e. The van der Waals surface area contributed by atoms with E-state index in [1.54, 1.807) is 6.20 Å². The second kappa shape index (κ2) is 8.31. The first-order valence-electron chi connectivity index (χ1n) is 9.91. The molecule has 1 aliphatic heterocycles. The van der Waals surface area contributed by atoms with Crippen LogP contribution in [0.15, 0.2) is 30.5 Å². The third-order valence-electron chi connectivity index (χ3n) is 5.46. The molecule has 0 aliphatic carbocycles. The lowest BCUT2D eigenvalue weighted by Gasteiger charge is -2.39. The number of hydrogen-bond donors (Lipinski definition) is 4. The lowest BCUT2D eigenvalue weighted by Crippen LogP contribution is -2.52. The lowest BCUT2D eigenvalue weighted by atomic mass is 9.74. The highest BCUT2D eigenvalue weighted by Gasteiger charge is 2.42. The van der Waals surface area contributed by atoms with Crippen LogP contribution in [0.4, 0.5) is 16.4 Å². The maximum Gasteiger partial charge on any atom is 0.407 e. The van der Waals surface area contributed by atoms with Crippen LogP contribution in [0.1, 0.15) is 39.3 Å². The van der Waals surface area contributed by atoms with Crippen molar-refractivity contribution in [3.05, 3.63) is 36.2 Å². The summed E-state index contributed by atoms with van der Waals surface area (Å²) in [5, 5.41) is 16.9. The Hall–Kier alpha value is -3.14. The fourth-order valence-electron chi connectivity index (χ4n) is 3.82. The molecule has 1 saturated heterocycles. The minimum Gasteiger partial charge on any atom is -0.465 e. The van der Waals surface area contributed by atoms with Gasteiger partial charge in [-0.05, 0) is 45.7 Å². The molecule has 0 atom stereocenters. The number of anilines is 2. The zero-order valence-electron chi connectivity index (χ0n) is 17.6. The number of nitrogens with two attached hydrogens (primary N) is 1. The molecular weight excluding hydrogens is 386 g/mol. The fourth-order valence-corrected chi connectivity index (χ4v) is 3.82. The highest BCUT2D eigenvalue weighted by molar-refractivity contribution is 5.82. The maximum atomic E-state index is 12.6. The first-order chi connectivity index (χ1) is 14.1. The van der Waals surface area contributed by atoms with E-state index in [9.17, 15) is 14.7 Å². The second-order valence-corrected chi connectivity index (χ2v) is 8.64. The van der Waals surface area contributed by atoms with Crippen molar-refractivity contribution in [1.82, 2.24) is 25.1 Å². The van der Waals surface area contributed by atoms with E-state index in [1.165, 1.54) is 4.90 Å². The summed E-state index contributed by atoms with van der Waals surface area (Å²) in [6, 6.07) is 7.47. The van der Waals surface area contributed by atoms with Gasteiger partial charge in [-0.2, -0.15) is 5.10 Å². The number of hydrogen-bond acceptors (Lipinski definition) is 6. The van der Waals surface area contributed by atoms with Crippen molar-refractivity contribution in [3.8, 4) is 0 Å². The van der Waals surface area contributed by atoms with Crippen molar-refractivity contribution in [2.24, 2.45) is 11.3 Å². The van der Waals surface area contributed by atoms with Crippen molar-refractivity contribution in [1.29, 1.82) is 0 Å². The zero-order chi connectivity index (χ0) is 21.9. The Bertz CT molecular complexity index is 911. The number of nitrogens with one attached hydrogen (secondary N) is 2. The molecule has 0 spiro atoms. The number of amides is 2. The first kappa shape index (κ1) is 21.6. The van der Waals surface area contributed by atoms with Gasteiger partial charge in [-0.15, -0.1) is 0 Å². The molecule has 2 amide bonds. The monoisotopic (exact) mass is 415 g/mol. The van der Waals surface area contributed by atoms with Gasteiger partial charge in [-0.3, -0.25) is 10.2 Å². The van der Waals surface area contributed by atoms with Gasteiger partial charge in [0.2, 0.25) is 5.91 Å². The summed E-state index contributed by atoms with van der Waals surface area (Å²) in [6.07, 6.45) is 1.90. The quantitative estimate of drug-likeness (QED) is 0.333. The third-order valence-corrected chi connectivity index (χ3v) is 5.46. The Morgan fingerprint density at radius 3 is 2.53 bits per heavy atom. The Morgan fingerprint density at radius 2 is 1.93 bits per heavy atom. The highest BCUT2D eigenvalue weighted by Crippen LogP contribution is 2.35. The van der Waals surface area contributed by atoms with Gasteiger partial charge >= 0.3 is 6.09 Å². The number of carbonyl (C=O) groups excluding carboxylic acids is 1. The highest BCUT2D eigenvalue weighted by atomic mass is 16.4. The number of pyridine rings is 1. The molecule has 0 radical (unpaired) electrons. The topological polar surface area (TPSA) is 138 Å². The molecule has 30 heavy (non-hydrogen) atoms.